The molecule has 0 saturated carbocycles. The van der Waals surface area contributed by atoms with E-state index in [2.05, 4.69) is 27.0 Å². The van der Waals surface area contributed by atoms with E-state index < -0.39 is 32.6 Å². The Hall–Kier alpha value is -3.51. The number of hydrogen-bond acceptors (Lipinski definition) is 6. The average Bonchev–Trinajstić information content (AvgIpc) is 2.98. The molecular formula is C30H33F3N4O4S. The number of carboxylic acids is 1. The predicted octanol–water partition coefficient (Wildman–Crippen LogP) is 5.30. The van der Waals surface area contributed by atoms with E-state index in [1.807, 2.05) is 18.2 Å². The fourth-order valence-corrected chi connectivity index (χ4v) is 7.30. The molecule has 2 aromatic carbocycles. The third-order valence-corrected chi connectivity index (χ3v) is 10.1. The molecule has 5 rings (SSSR count). The van der Waals surface area contributed by atoms with Crippen molar-refractivity contribution in [2.45, 2.75) is 49.6 Å². The van der Waals surface area contributed by atoms with E-state index in [1.54, 1.807) is 0 Å². The van der Waals surface area contributed by atoms with E-state index >= 15 is 0 Å². The Bertz CT molecular complexity index is 1500. The molecule has 2 fully saturated rings. The van der Waals surface area contributed by atoms with Gasteiger partial charge in [0.1, 0.15) is 0 Å². The van der Waals surface area contributed by atoms with Crippen LogP contribution in [-0.2, 0) is 29.0 Å². The summed E-state index contributed by atoms with van der Waals surface area (Å²) in [5.74, 6) is -0.102. The number of anilines is 1. The van der Waals surface area contributed by atoms with Crippen molar-refractivity contribution in [2.24, 2.45) is 11.8 Å². The zero-order valence-electron chi connectivity index (χ0n) is 23.0. The number of rotatable bonds is 8. The lowest BCUT2D eigenvalue weighted by Crippen LogP contribution is -2.39. The molecule has 42 heavy (non-hydrogen) atoms. The van der Waals surface area contributed by atoms with Crippen LogP contribution in [0.1, 0.15) is 52.9 Å². The fraction of sp³-hybridized carbons (Fsp3) is 0.433. The van der Waals surface area contributed by atoms with Crippen LogP contribution < -0.4 is 4.90 Å². The zero-order valence-corrected chi connectivity index (χ0v) is 23.8. The van der Waals surface area contributed by atoms with Gasteiger partial charge in [0.05, 0.1) is 21.7 Å². The van der Waals surface area contributed by atoms with Gasteiger partial charge in [-0.3, -0.25) is 0 Å². The molecule has 0 aliphatic carbocycles. The number of sulfonamides is 1. The van der Waals surface area contributed by atoms with Gasteiger partial charge in [-0.1, -0.05) is 36.4 Å². The summed E-state index contributed by atoms with van der Waals surface area (Å²) in [5.41, 5.74) is 0.739. The highest BCUT2D eigenvalue weighted by atomic mass is 32.2. The van der Waals surface area contributed by atoms with E-state index in [9.17, 15) is 31.5 Å². The highest BCUT2D eigenvalue weighted by Gasteiger charge is 2.34. The summed E-state index contributed by atoms with van der Waals surface area (Å²) in [5, 5.41) is 9.76. The van der Waals surface area contributed by atoms with Crippen LogP contribution in [0, 0.1) is 11.8 Å². The number of carboxylic acid groups (broad SMARTS) is 1. The van der Waals surface area contributed by atoms with Crippen LogP contribution in [0.5, 0.6) is 0 Å². The standard InChI is InChI=1S/C30H33F3N4O4S/c31-30(32,33)24-7-4-8-25(19-24)42(40,41)37-15-11-23(12-16-37)18-27-26(28(38)39)20-34-29(35-27)36-13-9-22(10-14-36)17-21-5-2-1-3-6-21/h1-8,19-20,22-23H,9-18H2,(H,38,39). The molecule has 0 amide bonds. The number of aromatic carboxylic acids is 1. The normalized spacial score (nSPS) is 17.8. The Morgan fingerprint density at radius 2 is 1.55 bits per heavy atom. The van der Waals surface area contributed by atoms with Gasteiger partial charge < -0.3 is 10.0 Å². The van der Waals surface area contributed by atoms with E-state index in [-0.39, 0.29) is 24.6 Å². The number of alkyl halides is 3. The molecule has 0 atom stereocenters. The first-order valence-electron chi connectivity index (χ1n) is 14.1. The number of hydrogen-bond donors (Lipinski definition) is 1. The van der Waals surface area contributed by atoms with Crippen molar-refractivity contribution < 1.29 is 31.5 Å². The zero-order chi connectivity index (χ0) is 29.9. The summed E-state index contributed by atoms with van der Waals surface area (Å²) in [6.45, 7) is 1.79. The van der Waals surface area contributed by atoms with Crippen molar-refractivity contribution in [3.05, 3.63) is 83.2 Å². The molecule has 2 aliphatic rings. The molecule has 1 N–H and O–H groups in total. The van der Waals surface area contributed by atoms with E-state index in [0.717, 1.165) is 44.5 Å². The molecule has 3 aromatic rings. The number of piperidine rings is 2. The summed E-state index contributed by atoms with van der Waals surface area (Å²) >= 11 is 0. The smallest absolute Gasteiger partial charge is 0.416 e. The summed E-state index contributed by atoms with van der Waals surface area (Å²) in [6, 6.07) is 14.1. The topological polar surface area (TPSA) is 104 Å². The van der Waals surface area contributed by atoms with Crippen molar-refractivity contribution in [3.8, 4) is 0 Å². The minimum Gasteiger partial charge on any atom is -0.478 e. The summed E-state index contributed by atoms with van der Waals surface area (Å²) in [7, 11) is -4.10. The van der Waals surface area contributed by atoms with Gasteiger partial charge in [-0.2, -0.15) is 17.5 Å². The molecule has 2 saturated heterocycles. The number of benzene rings is 2. The third-order valence-electron chi connectivity index (χ3n) is 8.20. The summed E-state index contributed by atoms with van der Waals surface area (Å²) in [4.78, 5) is 22.7. The third kappa shape index (κ3) is 6.92. The minimum absolute atomic E-state index is 0.0248. The van der Waals surface area contributed by atoms with Crippen molar-refractivity contribution in [3.63, 3.8) is 0 Å². The van der Waals surface area contributed by atoms with Crippen molar-refractivity contribution in [1.29, 1.82) is 0 Å². The Balaban J connectivity index is 1.22. The number of halogens is 3. The van der Waals surface area contributed by atoms with Gasteiger partial charge in [-0.15, -0.1) is 0 Å². The molecule has 8 nitrogen and oxygen atoms in total. The molecule has 0 spiro atoms. The number of aromatic nitrogens is 2. The molecule has 224 valence electrons. The highest BCUT2D eigenvalue weighted by Crippen LogP contribution is 2.33. The van der Waals surface area contributed by atoms with Crippen LogP contribution in [0.25, 0.3) is 0 Å². The highest BCUT2D eigenvalue weighted by molar-refractivity contribution is 7.89. The van der Waals surface area contributed by atoms with Crippen molar-refractivity contribution >= 4 is 21.9 Å². The Kier molecular flexibility index (Phi) is 8.84. The van der Waals surface area contributed by atoms with E-state index in [4.69, 9.17) is 0 Å². The molecule has 3 heterocycles. The van der Waals surface area contributed by atoms with Crippen LogP contribution in [0.15, 0.2) is 65.7 Å². The van der Waals surface area contributed by atoms with Crippen LogP contribution >= 0.6 is 0 Å². The van der Waals surface area contributed by atoms with Gasteiger partial charge in [0.25, 0.3) is 0 Å². The molecule has 0 unspecified atom stereocenters. The lowest BCUT2D eigenvalue weighted by Gasteiger charge is -2.33. The summed E-state index contributed by atoms with van der Waals surface area (Å²) < 4.78 is 66.7. The van der Waals surface area contributed by atoms with Crippen molar-refractivity contribution in [2.75, 3.05) is 31.1 Å². The lowest BCUT2D eigenvalue weighted by molar-refractivity contribution is -0.137. The Morgan fingerprint density at radius 1 is 0.905 bits per heavy atom. The minimum atomic E-state index is -4.64. The maximum Gasteiger partial charge on any atom is 0.416 e. The monoisotopic (exact) mass is 602 g/mol. The average molecular weight is 603 g/mol. The first-order valence-corrected chi connectivity index (χ1v) is 15.5. The van der Waals surface area contributed by atoms with Gasteiger partial charge in [-0.25, -0.2) is 23.2 Å². The fourth-order valence-electron chi connectivity index (χ4n) is 5.79. The second-order valence-electron chi connectivity index (χ2n) is 11.0. The first kappa shape index (κ1) is 30.0. The SMILES string of the molecule is O=C(O)c1cnc(N2CCC(Cc3ccccc3)CC2)nc1CC1CCN(S(=O)(=O)c2cccc(C(F)(F)F)c2)CC1. The molecule has 2 aliphatic heterocycles. The Morgan fingerprint density at radius 3 is 2.19 bits per heavy atom. The van der Waals surface area contributed by atoms with Gasteiger partial charge in [-0.05, 0) is 74.1 Å². The quantitative estimate of drug-likeness (QED) is 0.374. The van der Waals surface area contributed by atoms with Crippen LogP contribution in [-0.4, -0.2) is 59.9 Å². The Labute approximate surface area is 243 Å². The predicted molar refractivity (Wildman–Crippen MR) is 151 cm³/mol. The molecule has 1 aromatic heterocycles. The van der Waals surface area contributed by atoms with Crippen LogP contribution in [0.2, 0.25) is 0 Å². The van der Waals surface area contributed by atoms with E-state index in [1.165, 1.54) is 22.1 Å². The van der Waals surface area contributed by atoms with Crippen LogP contribution in [0.3, 0.4) is 0 Å². The largest absolute Gasteiger partial charge is 0.478 e. The molecule has 0 bridgehead atoms. The molecule has 12 heteroatoms. The maximum absolute atomic E-state index is 13.1. The van der Waals surface area contributed by atoms with Gasteiger partial charge in [0.2, 0.25) is 16.0 Å². The van der Waals surface area contributed by atoms with Gasteiger partial charge >= 0.3 is 12.1 Å². The van der Waals surface area contributed by atoms with E-state index in [0.29, 0.717) is 42.9 Å². The summed E-state index contributed by atoms with van der Waals surface area (Å²) in [6.07, 6.45) is 0.890. The maximum atomic E-state index is 13.1. The van der Waals surface area contributed by atoms with Gasteiger partial charge in [0, 0.05) is 32.4 Å². The number of nitrogens with zero attached hydrogens (tertiary/aromatic N) is 4. The second-order valence-corrected chi connectivity index (χ2v) is 13.0. The second kappa shape index (κ2) is 12.4. The lowest BCUT2D eigenvalue weighted by atomic mass is 9.90. The van der Waals surface area contributed by atoms with Gasteiger partial charge in [0.15, 0.2) is 0 Å². The molecular weight excluding hydrogens is 569 g/mol. The van der Waals surface area contributed by atoms with Crippen LogP contribution in [0.4, 0.5) is 19.1 Å². The molecule has 0 radical (unpaired) electrons. The number of carbonyl (C=O) groups is 1. The van der Waals surface area contributed by atoms with Crippen molar-refractivity contribution in [1.82, 2.24) is 14.3 Å². The first-order chi connectivity index (χ1) is 20.0.